The molecular formula is C30H30NbO5. The molecule has 5 aromatic rings. The Kier molecular flexibility index (Phi) is 18.9. The van der Waals surface area contributed by atoms with E-state index < -0.39 is 0 Å². The third-order valence-electron chi connectivity index (χ3n) is 3.78. The fourth-order valence-electron chi connectivity index (χ4n) is 2.14. The number of hydrogen-bond donors (Lipinski definition) is 5. The minimum absolute atomic E-state index is 0. The Hall–Kier alpha value is -4.16. The summed E-state index contributed by atoms with van der Waals surface area (Å²) >= 11 is 0. The SMILES string of the molecule is Oc1ccccc1.Oc1ccccc1.Oc1ccccc1.Oc1ccccc1.Oc1ccccc1.[Nb]. The van der Waals surface area contributed by atoms with Crippen molar-refractivity contribution >= 4 is 0 Å². The third kappa shape index (κ3) is 19.3. The van der Waals surface area contributed by atoms with Gasteiger partial charge in [0.15, 0.2) is 0 Å². The van der Waals surface area contributed by atoms with Gasteiger partial charge in [0.05, 0.1) is 0 Å². The molecule has 5 rings (SSSR count). The standard InChI is InChI=1S/5C6H6O.Nb/c5*7-6-4-2-1-3-5-6;/h5*1-5,7H;. The molecule has 6 heteroatoms. The van der Waals surface area contributed by atoms with Gasteiger partial charge in [0.25, 0.3) is 0 Å². The molecular weight excluding hydrogens is 533 g/mol. The van der Waals surface area contributed by atoms with Gasteiger partial charge in [0.1, 0.15) is 28.7 Å². The van der Waals surface area contributed by atoms with E-state index in [9.17, 15) is 0 Å². The summed E-state index contributed by atoms with van der Waals surface area (Å²) in [4.78, 5) is 0. The van der Waals surface area contributed by atoms with E-state index in [2.05, 4.69) is 0 Å². The van der Waals surface area contributed by atoms with Crippen molar-refractivity contribution in [3.05, 3.63) is 152 Å². The van der Waals surface area contributed by atoms with Gasteiger partial charge in [0, 0.05) is 22.4 Å². The summed E-state index contributed by atoms with van der Waals surface area (Å²) in [6.07, 6.45) is 0. The van der Waals surface area contributed by atoms with Gasteiger partial charge in [0.2, 0.25) is 0 Å². The van der Waals surface area contributed by atoms with Crippen LogP contribution in [0.2, 0.25) is 0 Å². The molecule has 185 valence electrons. The van der Waals surface area contributed by atoms with Gasteiger partial charge in [-0.3, -0.25) is 0 Å². The summed E-state index contributed by atoms with van der Waals surface area (Å²) in [6, 6.07) is 43.6. The Balaban J connectivity index is 0.000000422. The van der Waals surface area contributed by atoms with E-state index in [4.69, 9.17) is 25.5 Å². The summed E-state index contributed by atoms with van der Waals surface area (Å²) in [5, 5.41) is 43.2. The zero-order valence-corrected chi connectivity index (χ0v) is 21.8. The Morgan fingerprint density at radius 2 is 0.333 bits per heavy atom. The average Bonchev–Trinajstić information content (AvgIpc) is 2.88. The molecule has 0 heterocycles. The van der Waals surface area contributed by atoms with E-state index >= 15 is 0 Å². The molecule has 36 heavy (non-hydrogen) atoms. The maximum Gasteiger partial charge on any atom is 0.115 e. The van der Waals surface area contributed by atoms with E-state index in [0.717, 1.165) is 0 Å². The van der Waals surface area contributed by atoms with E-state index in [-0.39, 0.29) is 22.4 Å². The van der Waals surface area contributed by atoms with Crippen molar-refractivity contribution in [1.29, 1.82) is 0 Å². The molecule has 5 aromatic carbocycles. The van der Waals surface area contributed by atoms with Crippen LogP contribution in [0.4, 0.5) is 0 Å². The second-order valence-electron chi connectivity index (χ2n) is 6.68. The van der Waals surface area contributed by atoms with Crippen LogP contribution in [0.5, 0.6) is 28.7 Å². The molecule has 5 nitrogen and oxygen atoms in total. The van der Waals surface area contributed by atoms with Crippen molar-refractivity contribution in [2.75, 3.05) is 0 Å². The van der Waals surface area contributed by atoms with Gasteiger partial charge in [-0.2, -0.15) is 0 Å². The van der Waals surface area contributed by atoms with Crippen LogP contribution in [0.15, 0.2) is 152 Å². The first-order valence-electron chi connectivity index (χ1n) is 10.7. The maximum absolute atomic E-state index is 8.63. The molecule has 0 aliphatic heterocycles. The molecule has 1 radical (unpaired) electrons. The number of hydrogen-bond acceptors (Lipinski definition) is 5. The molecule has 5 N–H and O–H groups in total. The first-order chi connectivity index (χ1) is 17.0. The zero-order valence-electron chi connectivity index (χ0n) is 19.6. The first kappa shape index (κ1) is 31.8. The van der Waals surface area contributed by atoms with Gasteiger partial charge in [-0.25, -0.2) is 0 Å². The number of benzene rings is 5. The van der Waals surface area contributed by atoms with E-state index in [1.54, 1.807) is 121 Å². The normalized spacial score (nSPS) is 8.33. The monoisotopic (exact) mass is 563 g/mol. The summed E-state index contributed by atoms with van der Waals surface area (Å²) < 4.78 is 0. The van der Waals surface area contributed by atoms with Crippen LogP contribution in [0, 0.1) is 0 Å². The molecule has 0 atom stereocenters. The molecule has 0 saturated carbocycles. The van der Waals surface area contributed by atoms with Crippen LogP contribution < -0.4 is 0 Å². The molecule has 0 aliphatic carbocycles. The Labute approximate surface area is 227 Å². The predicted octanol–water partition coefficient (Wildman–Crippen LogP) is 6.96. The average molecular weight is 563 g/mol. The van der Waals surface area contributed by atoms with Gasteiger partial charge in [-0.05, 0) is 60.7 Å². The van der Waals surface area contributed by atoms with Crippen LogP contribution in [0.25, 0.3) is 0 Å². The van der Waals surface area contributed by atoms with Crippen molar-refractivity contribution in [2.45, 2.75) is 0 Å². The summed E-state index contributed by atoms with van der Waals surface area (Å²) in [5.41, 5.74) is 0. The molecule has 0 unspecified atom stereocenters. The number of aromatic hydroxyl groups is 5. The molecule has 0 aromatic heterocycles. The summed E-state index contributed by atoms with van der Waals surface area (Å²) in [5.74, 6) is 1.61. The van der Waals surface area contributed by atoms with Crippen molar-refractivity contribution in [2.24, 2.45) is 0 Å². The second kappa shape index (κ2) is 21.4. The third-order valence-corrected chi connectivity index (χ3v) is 3.78. The first-order valence-corrected chi connectivity index (χ1v) is 10.7. The topological polar surface area (TPSA) is 101 Å². The van der Waals surface area contributed by atoms with Crippen LogP contribution in [-0.4, -0.2) is 25.5 Å². The quantitative estimate of drug-likeness (QED) is 0.131. The second-order valence-corrected chi connectivity index (χ2v) is 6.68. The molecule has 0 bridgehead atoms. The van der Waals surface area contributed by atoms with Crippen LogP contribution >= 0.6 is 0 Å². The van der Waals surface area contributed by atoms with E-state index in [1.165, 1.54) is 0 Å². The van der Waals surface area contributed by atoms with Gasteiger partial charge in [-0.15, -0.1) is 0 Å². The number of para-hydroxylation sites is 5. The largest absolute Gasteiger partial charge is 0.508 e. The smallest absolute Gasteiger partial charge is 0.115 e. The van der Waals surface area contributed by atoms with E-state index in [0.29, 0.717) is 28.7 Å². The Morgan fingerprint density at radius 1 is 0.222 bits per heavy atom. The van der Waals surface area contributed by atoms with Crippen molar-refractivity contribution in [1.82, 2.24) is 0 Å². The van der Waals surface area contributed by atoms with Crippen molar-refractivity contribution < 1.29 is 47.9 Å². The molecule has 0 amide bonds. The van der Waals surface area contributed by atoms with Gasteiger partial charge >= 0.3 is 0 Å². The molecule has 0 fully saturated rings. The van der Waals surface area contributed by atoms with Crippen LogP contribution in [-0.2, 0) is 22.4 Å². The van der Waals surface area contributed by atoms with Gasteiger partial charge in [-0.1, -0.05) is 91.0 Å². The minimum Gasteiger partial charge on any atom is -0.508 e. The maximum atomic E-state index is 8.63. The number of phenols is 5. The van der Waals surface area contributed by atoms with Gasteiger partial charge < -0.3 is 25.5 Å². The van der Waals surface area contributed by atoms with Crippen LogP contribution in [0.3, 0.4) is 0 Å². The number of rotatable bonds is 0. The molecule has 0 saturated heterocycles. The number of phenolic OH excluding ortho intramolecular Hbond substituents is 5. The zero-order chi connectivity index (χ0) is 25.6. The van der Waals surface area contributed by atoms with Crippen molar-refractivity contribution in [3.8, 4) is 28.7 Å². The minimum atomic E-state index is 0. The van der Waals surface area contributed by atoms with Crippen LogP contribution in [0.1, 0.15) is 0 Å². The molecule has 0 aliphatic rings. The summed E-state index contributed by atoms with van der Waals surface area (Å²) in [6.45, 7) is 0. The Bertz CT molecular complexity index is 895. The van der Waals surface area contributed by atoms with Crippen molar-refractivity contribution in [3.63, 3.8) is 0 Å². The van der Waals surface area contributed by atoms with E-state index in [1.807, 2.05) is 30.3 Å². The Morgan fingerprint density at radius 3 is 0.389 bits per heavy atom. The summed E-state index contributed by atoms with van der Waals surface area (Å²) in [7, 11) is 0. The fourth-order valence-corrected chi connectivity index (χ4v) is 2.14. The predicted molar refractivity (Wildman–Crippen MR) is 141 cm³/mol. The molecule has 0 spiro atoms. The fraction of sp³-hybridized carbons (Fsp3) is 0.